The molecular formula is C11H18N2O3. The molecule has 1 aromatic rings. The normalized spacial score (nSPS) is 19.1. The third-order valence-electron chi connectivity index (χ3n) is 2.72. The number of aliphatic hydroxyl groups excluding tert-OH is 1. The van der Waals surface area contributed by atoms with E-state index in [1.807, 2.05) is 13.8 Å². The average molecular weight is 226 g/mol. The van der Waals surface area contributed by atoms with Crippen molar-refractivity contribution in [3.63, 3.8) is 0 Å². The van der Waals surface area contributed by atoms with Gasteiger partial charge in [-0.1, -0.05) is 13.8 Å². The Morgan fingerprint density at radius 3 is 2.69 bits per heavy atom. The summed E-state index contributed by atoms with van der Waals surface area (Å²) in [6.07, 6.45) is 1.04. The Morgan fingerprint density at radius 1 is 1.38 bits per heavy atom. The summed E-state index contributed by atoms with van der Waals surface area (Å²) in [5.74, 6) is 1.23. The van der Waals surface area contributed by atoms with Gasteiger partial charge in [-0.05, 0) is 5.92 Å². The van der Waals surface area contributed by atoms with Crippen LogP contribution in [0.2, 0.25) is 0 Å². The van der Waals surface area contributed by atoms with Gasteiger partial charge in [-0.25, -0.2) is 4.98 Å². The van der Waals surface area contributed by atoms with Crippen molar-refractivity contribution < 1.29 is 14.3 Å². The van der Waals surface area contributed by atoms with E-state index >= 15 is 0 Å². The maximum Gasteiger partial charge on any atom is 0.226 e. The number of anilines is 1. The van der Waals surface area contributed by atoms with Crippen LogP contribution in [0.25, 0.3) is 0 Å². The molecule has 1 aliphatic rings. The van der Waals surface area contributed by atoms with Gasteiger partial charge in [-0.2, -0.15) is 0 Å². The first-order valence-corrected chi connectivity index (χ1v) is 5.65. The van der Waals surface area contributed by atoms with Crippen LogP contribution in [0.15, 0.2) is 10.6 Å². The summed E-state index contributed by atoms with van der Waals surface area (Å²) in [5.41, 5.74) is 0. The summed E-state index contributed by atoms with van der Waals surface area (Å²) in [7, 11) is 0. The highest BCUT2D eigenvalue weighted by Crippen LogP contribution is 2.25. The number of oxazole rings is 1. The fraction of sp³-hybridized carbons (Fsp3) is 0.727. The van der Waals surface area contributed by atoms with E-state index in [0.717, 1.165) is 19.0 Å². The Morgan fingerprint density at radius 2 is 2.06 bits per heavy atom. The average Bonchev–Trinajstić information content (AvgIpc) is 2.78. The molecule has 1 aliphatic heterocycles. The second-order valence-corrected chi connectivity index (χ2v) is 4.33. The predicted octanol–water partition coefficient (Wildman–Crippen LogP) is 1.20. The van der Waals surface area contributed by atoms with Gasteiger partial charge in [-0.3, -0.25) is 0 Å². The van der Waals surface area contributed by atoms with Gasteiger partial charge in [0.15, 0.2) is 0 Å². The highest BCUT2D eigenvalue weighted by atomic mass is 16.5. The number of hydrogen-bond acceptors (Lipinski definition) is 5. The predicted molar refractivity (Wildman–Crippen MR) is 59.3 cm³/mol. The molecule has 0 aromatic carbocycles. The van der Waals surface area contributed by atoms with E-state index in [9.17, 15) is 5.11 Å². The lowest BCUT2D eigenvalue weighted by atomic mass is 10.1. The number of morpholine rings is 1. The third kappa shape index (κ3) is 2.36. The van der Waals surface area contributed by atoms with E-state index in [1.165, 1.54) is 0 Å². The van der Waals surface area contributed by atoms with Crippen LogP contribution in [-0.2, 0) is 4.74 Å². The Bertz CT molecular complexity index is 332. The first kappa shape index (κ1) is 11.4. The molecule has 1 unspecified atom stereocenters. The smallest absolute Gasteiger partial charge is 0.226 e. The Hall–Kier alpha value is -1.07. The van der Waals surface area contributed by atoms with Crippen molar-refractivity contribution in [2.75, 3.05) is 31.2 Å². The second-order valence-electron chi connectivity index (χ2n) is 4.33. The topological polar surface area (TPSA) is 58.7 Å². The molecule has 90 valence electrons. The van der Waals surface area contributed by atoms with Gasteiger partial charge < -0.3 is 19.2 Å². The van der Waals surface area contributed by atoms with E-state index < -0.39 is 6.10 Å². The molecule has 1 fully saturated rings. The van der Waals surface area contributed by atoms with Gasteiger partial charge in [0.05, 0.1) is 19.4 Å². The van der Waals surface area contributed by atoms with Crippen LogP contribution in [0.3, 0.4) is 0 Å². The van der Waals surface area contributed by atoms with Crippen LogP contribution in [-0.4, -0.2) is 36.4 Å². The molecule has 1 N–H and O–H groups in total. The van der Waals surface area contributed by atoms with Crippen LogP contribution in [0.1, 0.15) is 25.8 Å². The van der Waals surface area contributed by atoms with Crippen molar-refractivity contribution in [2.24, 2.45) is 5.92 Å². The summed E-state index contributed by atoms with van der Waals surface area (Å²) in [6.45, 7) is 6.91. The fourth-order valence-electron chi connectivity index (χ4n) is 1.63. The SMILES string of the molecule is CC(C)C(O)c1ncc(N2CCOCC2)o1. The van der Waals surface area contributed by atoms with Crippen molar-refractivity contribution in [3.05, 3.63) is 12.1 Å². The van der Waals surface area contributed by atoms with Crippen molar-refractivity contribution in [3.8, 4) is 0 Å². The van der Waals surface area contributed by atoms with Gasteiger partial charge in [0.2, 0.25) is 11.8 Å². The summed E-state index contributed by atoms with van der Waals surface area (Å²) in [4.78, 5) is 6.19. The zero-order valence-corrected chi connectivity index (χ0v) is 9.72. The molecule has 0 radical (unpaired) electrons. The molecule has 2 heterocycles. The maximum absolute atomic E-state index is 9.81. The number of ether oxygens (including phenoxy) is 1. The molecule has 0 spiro atoms. The molecule has 16 heavy (non-hydrogen) atoms. The molecule has 1 aromatic heterocycles. The van der Waals surface area contributed by atoms with E-state index in [-0.39, 0.29) is 5.92 Å². The van der Waals surface area contributed by atoms with Crippen molar-refractivity contribution in [1.29, 1.82) is 0 Å². The maximum atomic E-state index is 9.81. The lowest BCUT2D eigenvalue weighted by molar-refractivity contribution is 0.0954. The standard InChI is InChI=1S/C11H18N2O3/c1-8(2)10(14)11-12-7-9(16-11)13-3-5-15-6-4-13/h7-8,10,14H,3-6H2,1-2H3. The Kier molecular flexibility index (Phi) is 3.46. The summed E-state index contributed by atoms with van der Waals surface area (Å²) in [6, 6.07) is 0. The van der Waals surface area contributed by atoms with Gasteiger partial charge in [0.25, 0.3) is 0 Å². The number of aliphatic hydroxyl groups is 1. The number of aromatic nitrogens is 1. The second kappa shape index (κ2) is 4.84. The Balaban J connectivity index is 2.06. The highest BCUT2D eigenvalue weighted by Gasteiger charge is 2.21. The minimum absolute atomic E-state index is 0.108. The molecule has 2 rings (SSSR count). The van der Waals surface area contributed by atoms with Gasteiger partial charge >= 0.3 is 0 Å². The van der Waals surface area contributed by atoms with E-state index in [2.05, 4.69) is 9.88 Å². The van der Waals surface area contributed by atoms with Crippen LogP contribution in [0.4, 0.5) is 5.88 Å². The van der Waals surface area contributed by atoms with Crippen LogP contribution >= 0.6 is 0 Å². The third-order valence-corrected chi connectivity index (χ3v) is 2.72. The van der Waals surface area contributed by atoms with Crippen molar-refractivity contribution in [2.45, 2.75) is 20.0 Å². The highest BCUT2D eigenvalue weighted by molar-refractivity contribution is 5.33. The minimum atomic E-state index is -0.630. The van der Waals surface area contributed by atoms with Crippen LogP contribution in [0, 0.1) is 5.92 Å². The Labute approximate surface area is 95.0 Å². The molecule has 0 saturated carbocycles. The van der Waals surface area contributed by atoms with Crippen LogP contribution < -0.4 is 4.90 Å². The molecule has 0 bridgehead atoms. The zero-order valence-electron chi connectivity index (χ0n) is 9.72. The summed E-state index contributed by atoms with van der Waals surface area (Å²) in [5, 5.41) is 9.81. The lowest BCUT2D eigenvalue weighted by Gasteiger charge is -2.25. The zero-order chi connectivity index (χ0) is 11.5. The monoisotopic (exact) mass is 226 g/mol. The quantitative estimate of drug-likeness (QED) is 0.839. The number of hydrogen-bond donors (Lipinski definition) is 1. The minimum Gasteiger partial charge on any atom is -0.422 e. The first-order valence-electron chi connectivity index (χ1n) is 5.65. The summed E-state index contributed by atoms with van der Waals surface area (Å²) < 4.78 is 10.8. The lowest BCUT2D eigenvalue weighted by Crippen LogP contribution is -2.35. The molecule has 1 atom stereocenters. The molecule has 1 saturated heterocycles. The molecule has 0 amide bonds. The molecule has 5 heteroatoms. The van der Waals surface area contributed by atoms with Crippen molar-refractivity contribution in [1.82, 2.24) is 4.98 Å². The van der Waals surface area contributed by atoms with Crippen LogP contribution in [0.5, 0.6) is 0 Å². The van der Waals surface area contributed by atoms with E-state index in [1.54, 1.807) is 6.20 Å². The van der Waals surface area contributed by atoms with Crippen molar-refractivity contribution >= 4 is 5.88 Å². The first-order chi connectivity index (χ1) is 7.68. The van der Waals surface area contributed by atoms with Gasteiger partial charge in [-0.15, -0.1) is 0 Å². The van der Waals surface area contributed by atoms with Gasteiger partial charge in [0, 0.05) is 13.1 Å². The fourth-order valence-corrected chi connectivity index (χ4v) is 1.63. The van der Waals surface area contributed by atoms with E-state index in [4.69, 9.17) is 9.15 Å². The molecular weight excluding hydrogens is 208 g/mol. The summed E-state index contributed by atoms with van der Waals surface area (Å²) >= 11 is 0. The molecule has 5 nitrogen and oxygen atoms in total. The number of rotatable bonds is 3. The van der Waals surface area contributed by atoms with E-state index in [0.29, 0.717) is 19.1 Å². The number of nitrogens with zero attached hydrogens (tertiary/aromatic N) is 2. The molecule has 0 aliphatic carbocycles. The van der Waals surface area contributed by atoms with Gasteiger partial charge in [0.1, 0.15) is 6.10 Å². The largest absolute Gasteiger partial charge is 0.422 e.